The zero-order chi connectivity index (χ0) is 21.8. The van der Waals surface area contributed by atoms with Crippen molar-refractivity contribution in [3.8, 4) is 23.3 Å². The lowest BCUT2D eigenvalue weighted by atomic mass is 9.96. The molecule has 31 heavy (non-hydrogen) atoms. The number of benzene rings is 3. The fourth-order valence-corrected chi connectivity index (χ4v) is 3.51. The van der Waals surface area contributed by atoms with Gasteiger partial charge in [-0.3, -0.25) is 4.79 Å². The van der Waals surface area contributed by atoms with E-state index in [1.807, 2.05) is 84.9 Å². The Kier molecular flexibility index (Phi) is 5.21. The van der Waals surface area contributed by atoms with Crippen LogP contribution in [-0.4, -0.2) is 4.98 Å². The summed E-state index contributed by atoms with van der Waals surface area (Å²) in [5.74, 6) is -0.0548. The monoisotopic (exact) mass is 403 g/mol. The van der Waals surface area contributed by atoms with Crippen LogP contribution in [0.4, 0.5) is 22.9 Å². The van der Waals surface area contributed by atoms with E-state index in [0.717, 1.165) is 17.1 Å². The van der Waals surface area contributed by atoms with Gasteiger partial charge in [-0.15, -0.1) is 0 Å². The molecule has 0 aliphatic rings. The molecule has 1 aromatic heterocycles. The van der Waals surface area contributed by atoms with E-state index in [-0.39, 0.29) is 22.5 Å². The van der Waals surface area contributed by atoms with Crippen molar-refractivity contribution < 1.29 is 0 Å². The van der Waals surface area contributed by atoms with E-state index in [0.29, 0.717) is 5.56 Å². The molecule has 3 N–H and O–H groups in total. The smallest absolute Gasteiger partial charge is 0.268 e. The van der Waals surface area contributed by atoms with Crippen molar-refractivity contribution in [1.82, 2.24) is 4.98 Å². The average Bonchev–Trinajstić information content (AvgIpc) is 2.81. The second-order valence-electron chi connectivity index (χ2n) is 6.77. The Bertz CT molecular complexity index is 1320. The molecule has 6 heteroatoms. The molecular weight excluding hydrogens is 386 g/mol. The van der Waals surface area contributed by atoms with Gasteiger partial charge in [0.1, 0.15) is 29.1 Å². The van der Waals surface area contributed by atoms with E-state index >= 15 is 0 Å². The Morgan fingerprint density at radius 3 is 1.68 bits per heavy atom. The standard InChI is InChI=1S/C25H17N5O/c26-15-21-23(22(16-27)25(31)29-24(21)28)17-11-13-20(14-12-17)30(18-7-3-1-4-8-18)19-9-5-2-6-10-19/h1-14H,(H3,28,29,31). The van der Waals surface area contributed by atoms with Gasteiger partial charge in [-0.2, -0.15) is 10.5 Å². The van der Waals surface area contributed by atoms with Crippen LogP contribution < -0.4 is 16.2 Å². The van der Waals surface area contributed by atoms with E-state index < -0.39 is 5.56 Å². The van der Waals surface area contributed by atoms with Gasteiger partial charge in [-0.25, -0.2) is 0 Å². The van der Waals surface area contributed by atoms with E-state index in [1.54, 1.807) is 12.1 Å². The molecule has 6 nitrogen and oxygen atoms in total. The number of rotatable bonds is 4. The molecule has 3 aromatic carbocycles. The van der Waals surface area contributed by atoms with Crippen LogP contribution in [0.15, 0.2) is 89.7 Å². The molecule has 1 heterocycles. The molecular formula is C25H17N5O. The molecule has 148 valence electrons. The maximum absolute atomic E-state index is 12.2. The van der Waals surface area contributed by atoms with E-state index in [4.69, 9.17) is 5.73 Å². The van der Waals surface area contributed by atoms with Crippen molar-refractivity contribution in [2.45, 2.75) is 0 Å². The summed E-state index contributed by atoms with van der Waals surface area (Å²) in [6, 6.07) is 31.1. The number of para-hydroxylation sites is 2. The molecule has 0 saturated heterocycles. The lowest BCUT2D eigenvalue weighted by molar-refractivity contribution is 1.21. The normalized spacial score (nSPS) is 10.1. The highest BCUT2D eigenvalue weighted by molar-refractivity contribution is 5.83. The van der Waals surface area contributed by atoms with Crippen LogP contribution in [0.5, 0.6) is 0 Å². The van der Waals surface area contributed by atoms with E-state index in [2.05, 4.69) is 9.88 Å². The average molecular weight is 403 g/mol. The predicted octanol–water partition coefficient (Wildman–Crippen LogP) is 4.84. The second-order valence-corrected chi connectivity index (χ2v) is 6.77. The third-order valence-corrected chi connectivity index (χ3v) is 4.91. The number of H-pyrrole nitrogens is 1. The number of aromatic nitrogens is 1. The van der Waals surface area contributed by atoms with Gasteiger partial charge < -0.3 is 15.6 Å². The highest BCUT2D eigenvalue weighted by Crippen LogP contribution is 2.36. The Labute approximate surface area is 179 Å². The minimum absolute atomic E-state index is 0.0548. The number of anilines is 4. The first kappa shape index (κ1) is 19.5. The molecule has 0 aliphatic heterocycles. The van der Waals surface area contributed by atoms with Gasteiger partial charge in [-0.1, -0.05) is 48.5 Å². The lowest BCUT2D eigenvalue weighted by Gasteiger charge is -2.25. The third-order valence-electron chi connectivity index (χ3n) is 4.91. The van der Waals surface area contributed by atoms with E-state index in [9.17, 15) is 15.3 Å². The minimum Gasteiger partial charge on any atom is -0.384 e. The largest absolute Gasteiger partial charge is 0.384 e. The van der Waals surface area contributed by atoms with Crippen molar-refractivity contribution in [1.29, 1.82) is 10.5 Å². The summed E-state index contributed by atoms with van der Waals surface area (Å²) in [6.45, 7) is 0. The number of pyridine rings is 1. The van der Waals surface area contributed by atoms with Gasteiger partial charge in [0.2, 0.25) is 0 Å². The Morgan fingerprint density at radius 1 is 0.710 bits per heavy atom. The fraction of sp³-hybridized carbons (Fsp3) is 0. The van der Waals surface area contributed by atoms with Crippen molar-refractivity contribution in [2.75, 3.05) is 10.6 Å². The molecule has 0 aliphatic carbocycles. The van der Waals surface area contributed by atoms with Gasteiger partial charge in [0.25, 0.3) is 5.56 Å². The minimum atomic E-state index is -0.617. The number of hydrogen-bond acceptors (Lipinski definition) is 5. The van der Waals surface area contributed by atoms with Crippen molar-refractivity contribution >= 4 is 22.9 Å². The zero-order valence-electron chi connectivity index (χ0n) is 16.4. The first-order chi connectivity index (χ1) is 15.1. The number of nitrogens with two attached hydrogens (primary N) is 1. The van der Waals surface area contributed by atoms with Crippen LogP contribution >= 0.6 is 0 Å². The van der Waals surface area contributed by atoms with Crippen LogP contribution in [-0.2, 0) is 0 Å². The van der Waals surface area contributed by atoms with Crippen LogP contribution in [0.3, 0.4) is 0 Å². The number of hydrogen-bond donors (Lipinski definition) is 2. The van der Waals surface area contributed by atoms with Crippen LogP contribution in [0.1, 0.15) is 11.1 Å². The number of nitrogens with zero attached hydrogens (tertiary/aromatic N) is 3. The molecule has 0 fully saturated rings. The van der Waals surface area contributed by atoms with Crippen molar-refractivity contribution in [2.24, 2.45) is 0 Å². The van der Waals surface area contributed by atoms with Crippen molar-refractivity contribution in [3.63, 3.8) is 0 Å². The summed E-state index contributed by atoms with van der Waals surface area (Å²) in [4.78, 5) is 16.7. The number of nitriles is 2. The SMILES string of the molecule is N#Cc1c(N)[nH]c(=O)c(C#N)c1-c1ccc(N(c2ccccc2)c2ccccc2)cc1. The quantitative estimate of drug-likeness (QED) is 0.507. The summed E-state index contributed by atoms with van der Waals surface area (Å²) >= 11 is 0. The molecule has 0 bridgehead atoms. The Balaban J connectivity index is 1.86. The van der Waals surface area contributed by atoms with Gasteiger partial charge >= 0.3 is 0 Å². The summed E-state index contributed by atoms with van der Waals surface area (Å²) < 4.78 is 0. The van der Waals surface area contributed by atoms with Crippen LogP contribution in [0.25, 0.3) is 11.1 Å². The third kappa shape index (κ3) is 3.62. The Hall–Kier alpha value is -4.81. The van der Waals surface area contributed by atoms with Crippen LogP contribution in [0, 0.1) is 22.7 Å². The first-order valence-corrected chi connectivity index (χ1v) is 9.50. The van der Waals surface area contributed by atoms with Gasteiger partial charge in [-0.05, 0) is 42.0 Å². The predicted molar refractivity (Wildman–Crippen MR) is 121 cm³/mol. The zero-order valence-corrected chi connectivity index (χ0v) is 16.4. The van der Waals surface area contributed by atoms with E-state index in [1.165, 1.54) is 0 Å². The topological polar surface area (TPSA) is 110 Å². The summed E-state index contributed by atoms with van der Waals surface area (Å²) in [5.41, 5.74) is 8.81. The van der Waals surface area contributed by atoms with Gasteiger partial charge in [0.15, 0.2) is 0 Å². The summed E-state index contributed by atoms with van der Waals surface area (Å²) in [7, 11) is 0. The molecule has 0 radical (unpaired) electrons. The highest BCUT2D eigenvalue weighted by Gasteiger charge is 2.19. The first-order valence-electron chi connectivity index (χ1n) is 9.50. The molecule has 0 unspecified atom stereocenters. The van der Waals surface area contributed by atoms with Gasteiger partial charge in [0.05, 0.1) is 0 Å². The maximum Gasteiger partial charge on any atom is 0.268 e. The number of aromatic amines is 1. The number of nitrogen functional groups attached to an aromatic ring is 1. The molecule has 0 amide bonds. The second kappa shape index (κ2) is 8.28. The van der Waals surface area contributed by atoms with Gasteiger partial charge in [0, 0.05) is 22.6 Å². The molecule has 0 saturated carbocycles. The van der Waals surface area contributed by atoms with Crippen LogP contribution in [0.2, 0.25) is 0 Å². The van der Waals surface area contributed by atoms with Crippen molar-refractivity contribution in [3.05, 3.63) is 106 Å². The lowest BCUT2D eigenvalue weighted by Crippen LogP contribution is -2.16. The molecule has 4 rings (SSSR count). The summed E-state index contributed by atoms with van der Waals surface area (Å²) in [5, 5.41) is 19.0. The Morgan fingerprint density at radius 2 is 1.19 bits per heavy atom. The summed E-state index contributed by atoms with van der Waals surface area (Å²) in [6.07, 6.45) is 0. The molecule has 0 atom stereocenters. The maximum atomic E-state index is 12.2. The number of nitrogens with one attached hydrogen (secondary N) is 1. The fourth-order valence-electron chi connectivity index (χ4n) is 3.51. The molecule has 4 aromatic rings. The highest BCUT2D eigenvalue weighted by atomic mass is 16.1. The molecule has 0 spiro atoms.